The Morgan fingerprint density at radius 1 is 1.08 bits per heavy atom. The summed E-state index contributed by atoms with van der Waals surface area (Å²) >= 11 is 0. The van der Waals surface area contributed by atoms with Gasteiger partial charge in [0.05, 0.1) is 11.4 Å². The number of rotatable bonds is 5. The smallest absolute Gasteiger partial charge is 0.361 e. The van der Waals surface area contributed by atoms with E-state index >= 15 is 0 Å². The number of hydrogen-bond donors (Lipinski definition) is 0. The molecule has 0 amide bonds. The number of esters is 1. The van der Waals surface area contributed by atoms with Gasteiger partial charge >= 0.3 is 5.97 Å². The van der Waals surface area contributed by atoms with Gasteiger partial charge in [0.2, 0.25) is 0 Å². The van der Waals surface area contributed by atoms with Crippen molar-refractivity contribution in [1.29, 1.82) is 0 Å². The van der Waals surface area contributed by atoms with E-state index in [1.54, 1.807) is 19.1 Å². The summed E-state index contributed by atoms with van der Waals surface area (Å²) in [6.07, 6.45) is 0. The van der Waals surface area contributed by atoms with E-state index in [1.165, 1.54) is 23.0 Å². The van der Waals surface area contributed by atoms with Crippen LogP contribution in [0.4, 0.5) is 4.39 Å². The number of ketones is 1. The van der Waals surface area contributed by atoms with E-state index in [1.807, 2.05) is 18.2 Å². The van der Waals surface area contributed by atoms with Gasteiger partial charge in [-0.3, -0.25) is 4.79 Å². The minimum Gasteiger partial charge on any atom is -0.452 e. The van der Waals surface area contributed by atoms with Gasteiger partial charge in [-0.1, -0.05) is 30.3 Å². The highest BCUT2D eigenvalue weighted by molar-refractivity contribution is 5.99. The highest BCUT2D eigenvalue weighted by Crippen LogP contribution is 2.10. The van der Waals surface area contributed by atoms with Crippen LogP contribution in [0.5, 0.6) is 0 Å². The van der Waals surface area contributed by atoms with Crippen LogP contribution < -0.4 is 0 Å². The third-order valence-electron chi connectivity index (χ3n) is 3.44. The number of ether oxygens (including phenoxy) is 1. The number of halogens is 1. The van der Waals surface area contributed by atoms with Gasteiger partial charge in [-0.05, 0) is 31.2 Å². The van der Waals surface area contributed by atoms with Crippen molar-refractivity contribution in [3.05, 3.63) is 77.4 Å². The van der Waals surface area contributed by atoms with Gasteiger partial charge in [0, 0.05) is 5.56 Å². The molecule has 0 aliphatic heterocycles. The Bertz CT molecular complexity index is 922. The standard InChI is InChI=1S/C18H14FN3O3/c1-12-17(21-22(20-12)15-8-3-2-4-9-15)18(24)25-11-16(23)13-6-5-7-14(19)10-13/h2-10H,11H2,1H3. The van der Waals surface area contributed by atoms with Gasteiger partial charge in [-0.25, -0.2) is 9.18 Å². The lowest BCUT2D eigenvalue weighted by atomic mass is 10.1. The highest BCUT2D eigenvalue weighted by Gasteiger charge is 2.19. The van der Waals surface area contributed by atoms with Crippen LogP contribution in [0, 0.1) is 12.7 Å². The highest BCUT2D eigenvalue weighted by atomic mass is 19.1. The fraction of sp³-hybridized carbons (Fsp3) is 0.111. The average molecular weight is 339 g/mol. The second kappa shape index (κ2) is 7.04. The molecule has 0 saturated heterocycles. The van der Waals surface area contributed by atoms with Crippen molar-refractivity contribution in [2.75, 3.05) is 6.61 Å². The predicted molar refractivity (Wildman–Crippen MR) is 87.1 cm³/mol. The van der Waals surface area contributed by atoms with Crippen LogP contribution in [-0.2, 0) is 4.74 Å². The summed E-state index contributed by atoms with van der Waals surface area (Å²) in [5, 5.41) is 8.27. The first kappa shape index (κ1) is 16.5. The number of nitrogens with zero attached hydrogens (tertiary/aromatic N) is 3. The van der Waals surface area contributed by atoms with Crippen LogP contribution in [0.2, 0.25) is 0 Å². The number of Topliss-reactive ketones (excluding diaryl/α,β-unsaturated/α-hetero) is 1. The molecular weight excluding hydrogens is 325 g/mol. The number of benzene rings is 2. The predicted octanol–water partition coefficient (Wildman–Crippen LogP) is 2.75. The molecule has 0 radical (unpaired) electrons. The lowest BCUT2D eigenvalue weighted by Gasteiger charge is -2.03. The minimum atomic E-state index is -0.760. The fourth-order valence-electron chi connectivity index (χ4n) is 2.19. The monoisotopic (exact) mass is 339 g/mol. The van der Waals surface area contributed by atoms with E-state index in [9.17, 15) is 14.0 Å². The average Bonchev–Trinajstić information content (AvgIpc) is 3.02. The zero-order valence-corrected chi connectivity index (χ0v) is 13.3. The van der Waals surface area contributed by atoms with Gasteiger partial charge in [0.25, 0.3) is 0 Å². The normalized spacial score (nSPS) is 10.5. The lowest BCUT2D eigenvalue weighted by Crippen LogP contribution is -2.15. The number of carbonyl (C=O) groups is 2. The van der Waals surface area contributed by atoms with Crippen LogP contribution in [0.25, 0.3) is 5.69 Å². The third-order valence-corrected chi connectivity index (χ3v) is 3.44. The lowest BCUT2D eigenvalue weighted by molar-refractivity contribution is 0.0467. The van der Waals surface area contributed by atoms with Crippen LogP contribution in [0.3, 0.4) is 0 Å². The number of carbonyl (C=O) groups excluding carboxylic acids is 2. The van der Waals surface area contributed by atoms with E-state index < -0.39 is 24.2 Å². The maximum Gasteiger partial charge on any atom is 0.361 e. The van der Waals surface area contributed by atoms with Crippen LogP contribution in [0.1, 0.15) is 26.5 Å². The third kappa shape index (κ3) is 3.77. The Labute approximate surface area is 142 Å². The van der Waals surface area contributed by atoms with Gasteiger partial charge in [-0.15, -0.1) is 5.10 Å². The summed E-state index contributed by atoms with van der Waals surface area (Å²) < 4.78 is 18.1. The maximum absolute atomic E-state index is 13.1. The van der Waals surface area contributed by atoms with Crippen LogP contribution in [-0.4, -0.2) is 33.4 Å². The molecule has 0 spiro atoms. The number of hydrogen-bond acceptors (Lipinski definition) is 5. The van der Waals surface area contributed by atoms with Crippen LogP contribution >= 0.6 is 0 Å². The summed E-state index contributed by atoms with van der Waals surface area (Å²) in [6, 6.07) is 14.3. The molecule has 0 saturated carbocycles. The topological polar surface area (TPSA) is 74.1 Å². The van der Waals surface area contributed by atoms with Crippen molar-refractivity contribution < 1.29 is 18.7 Å². The molecule has 0 unspecified atom stereocenters. The zero-order chi connectivity index (χ0) is 17.8. The van der Waals surface area contributed by atoms with E-state index in [0.29, 0.717) is 11.4 Å². The van der Waals surface area contributed by atoms with E-state index in [0.717, 1.165) is 6.07 Å². The van der Waals surface area contributed by atoms with Crippen molar-refractivity contribution in [2.24, 2.45) is 0 Å². The molecule has 0 aliphatic carbocycles. The number of aryl methyl sites for hydroxylation is 1. The molecule has 0 aliphatic rings. The van der Waals surface area contributed by atoms with Crippen LogP contribution in [0.15, 0.2) is 54.6 Å². The Morgan fingerprint density at radius 2 is 1.84 bits per heavy atom. The molecule has 3 aromatic rings. The van der Waals surface area contributed by atoms with Gasteiger partial charge < -0.3 is 4.74 Å². The molecule has 0 atom stereocenters. The summed E-state index contributed by atoms with van der Waals surface area (Å²) in [5.41, 5.74) is 1.24. The largest absolute Gasteiger partial charge is 0.452 e. The Balaban J connectivity index is 1.70. The molecule has 0 N–H and O–H groups in total. The Morgan fingerprint density at radius 3 is 2.56 bits per heavy atom. The Hall–Kier alpha value is -3.35. The second-order valence-corrected chi connectivity index (χ2v) is 5.27. The van der Waals surface area contributed by atoms with Crippen molar-refractivity contribution in [1.82, 2.24) is 15.0 Å². The van der Waals surface area contributed by atoms with Gasteiger partial charge in [0.1, 0.15) is 5.82 Å². The number of para-hydroxylation sites is 1. The molecule has 6 nitrogen and oxygen atoms in total. The molecule has 126 valence electrons. The molecular formula is C18H14FN3O3. The molecule has 2 aromatic carbocycles. The summed E-state index contributed by atoms with van der Waals surface area (Å²) in [4.78, 5) is 25.4. The van der Waals surface area contributed by atoms with E-state index in [2.05, 4.69) is 10.2 Å². The number of aromatic nitrogens is 3. The van der Waals surface area contributed by atoms with Gasteiger partial charge in [-0.2, -0.15) is 9.90 Å². The van der Waals surface area contributed by atoms with Crippen molar-refractivity contribution >= 4 is 11.8 Å². The van der Waals surface area contributed by atoms with Crippen molar-refractivity contribution in [3.8, 4) is 5.69 Å². The SMILES string of the molecule is Cc1nn(-c2ccccc2)nc1C(=O)OCC(=O)c1cccc(F)c1. The Kier molecular flexibility index (Phi) is 4.65. The maximum atomic E-state index is 13.1. The molecule has 1 aromatic heterocycles. The van der Waals surface area contributed by atoms with Gasteiger partial charge in [0.15, 0.2) is 18.1 Å². The first-order valence-electron chi connectivity index (χ1n) is 7.50. The minimum absolute atomic E-state index is 0.0240. The van der Waals surface area contributed by atoms with E-state index in [-0.39, 0.29) is 11.3 Å². The first-order valence-corrected chi connectivity index (χ1v) is 7.50. The molecule has 7 heteroatoms. The van der Waals surface area contributed by atoms with E-state index in [4.69, 9.17) is 4.74 Å². The molecule has 3 rings (SSSR count). The second-order valence-electron chi connectivity index (χ2n) is 5.27. The summed E-state index contributed by atoms with van der Waals surface area (Å²) in [7, 11) is 0. The quantitative estimate of drug-likeness (QED) is 0.528. The first-order chi connectivity index (χ1) is 12.0. The molecule has 25 heavy (non-hydrogen) atoms. The molecule has 0 bridgehead atoms. The fourth-order valence-corrected chi connectivity index (χ4v) is 2.19. The summed E-state index contributed by atoms with van der Waals surface area (Å²) in [5.74, 6) is -1.79. The zero-order valence-electron chi connectivity index (χ0n) is 13.3. The molecule has 0 fully saturated rings. The van der Waals surface area contributed by atoms with Crippen molar-refractivity contribution in [3.63, 3.8) is 0 Å². The van der Waals surface area contributed by atoms with Crippen molar-refractivity contribution in [2.45, 2.75) is 6.92 Å². The molecule has 1 heterocycles. The summed E-state index contributed by atoms with van der Waals surface area (Å²) in [6.45, 7) is 1.12.